The number of aryl methyl sites for hydroxylation is 3. The van der Waals surface area contributed by atoms with Gasteiger partial charge < -0.3 is 14.8 Å². The quantitative estimate of drug-likeness (QED) is 0.472. The molecule has 8 heteroatoms. The van der Waals surface area contributed by atoms with Crippen LogP contribution < -0.4 is 5.32 Å². The summed E-state index contributed by atoms with van der Waals surface area (Å²) in [5.41, 5.74) is 6.34. The van der Waals surface area contributed by atoms with Crippen LogP contribution in [0.4, 0.5) is 0 Å². The van der Waals surface area contributed by atoms with Crippen LogP contribution in [-0.4, -0.2) is 42.2 Å². The summed E-state index contributed by atoms with van der Waals surface area (Å²) in [7, 11) is 1.91. The highest BCUT2D eigenvalue weighted by molar-refractivity contribution is 5.96. The molecule has 34 heavy (non-hydrogen) atoms. The van der Waals surface area contributed by atoms with Crippen molar-refractivity contribution in [2.45, 2.75) is 39.7 Å². The number of aromatic nitrogens is 4. The lowest BCUT2D eigenvalue weighted by molar-refractivity contribution is -0.154. The molecule has 1 amide bonds. The van der Waals surface area contributed by atoms with Gasteiger partial charge in [-0.3, -0.25) is 14.3 Å². The van der Waals surface area contributed by atoms with E-state index in [-0.39, 0.29) is 11.9 Å². The number of carboxylic acid groups (broad SMARTS) is 1. The fourth-order valence-electron chi connectivity index (χ4n) is 4.93. The molecule has 0 unspecified atom stereocenters. The van der Waals surface area contributed by atoms with E-state index in [1.165, 1.54) is 0 Å². The van der Waals surface area contributed by atoms with Crippen LogP contribution in [0, 0.1) is 19.3 Å². The van der Waals surface area contributed by atoms with Gasteiger partial charge in [0.05, 0.1) is 16.8 Å². The molecule has 0 atom stereocenters. The zero-order valence-corrected chi connectivity index (χ0v) is 19.7. The second-order valence-electron chi connectivity index (χ2n) is 9.48. The molecule has 0 bridgehead atoms. The lowest BCUT2D eigenvalue weighted by Gasteiger charge is -2.41. The predicted octanol–water partition coefficient (Wildman–Crippen LogP) is 4.00. The first-order valence-electron chi connectivity index (χ1n) is 11.3. The Morgan fingerprint density at radius 1 is 1.12 bits per heavy atom. The number of aliphatic carboxylic acids is 1. The molecule has 8 nitrogen and oxygen atoms in total. The third kappa shape index (κ3) is 3.55. The topological polar surface area (TPSA) is 102 Å². The average molecular weight is 458 g/mol. The van der Waals surface area contributed by atoms with Gasteiger partial charge in [-0.1, -0.05) is 24.3 Å². The van der Waals surface area contributed by atoms with Gasteiger partial charge in [-0.2, -0.15) is 5.10 Å². The lowest BCUT2D eigenvalue weighted by atomic mass is 9.67. The lowest BCUT2D eigenvalue weighted by Crippen LogP contribution is -2.52. The molecule has 3 aromatic heterocycles. The van der Waals surface area contributed by atoms with E-state index in [2.05, 4.69) is 22.5 Å². The second kappa shape index (κ2) is 7.83. The smallest absolute Gasteiger partial charge is 0.309 e. The number of carbonyl (C=O) groups excluding carboxylic acids is 1. The zero-order chi connectivity index (χ0) is 24.2. The molecule has 0 radical (unpaired) electrons. The van der Waals surface area contributed by atoms with Gasteiger partial charge in [0.1, 0.15) is 5.65 Å². The van der Waals surface area contributed by atoms with Crippen molar-refractivity contribution in [3.63, 3.8) is 0 Å². The van der Waals surface area contributed by atoms with Gasteiger partial charge in [0.2, 0.25) is 0 Å². The standard InChI is InChI=1S/C26H27N5O3/c1-15-21(14-30(4)29-15)19-7-5-6-8-20(19)23-16(2)31-10-9-17(11-22(31)28-23)24(32)27-18-12-26(3,13-18)25(33)34/h5-11,14,18H,12-13H2,1-4H3,(H,27,32)(H,33,34). The normalized spacial score (nSPS) is 19.7. The maximum Gasteiger partial charge on any atom is 0.309 e. The largest absolute Gasteiger partial charge is 0.481 e. The van der Waals surface area contributed by atoms with Crippen LogP contribution in [0.2, 0.25) is 0 Å². The minimum Gasteiger partial charge on any atom is -0.481 e. The molecule has 0 aliphatic heterocycles. The van der Waals surface area contributed by atoms with Crippen LogP contribution in [0.3, 0.4) is 0 Å². The summed E-state index contributed by atoms with van der Waals surface area (Å²) in [4.78, 5) is 29.0. The summed E-state index contributed by atoms with van der Waals surface area (Å²) in [5, 5.41) is 16.7. The molecule has 5 rings (SSSR count). The van der Waals surface area contributed by atoms with Crippen molar-refractivity contribution in [2.24, 2.45) is 12.5 Å². The summed E-state index contributed by atoms with van der Waals surface area (Å²) < 4.78 is 3.79. The molecule has 4 aromatic rings. The van der Waals surface area contributed by atoms with Crippen molar-refractivity contribution < 1.29 is 14.7 Å². The first-order chi connectivity index (χ1) is 16.2. The third-order valence-corrected chi connectivity index (χ3v) is 6.86. The fraction of sp³-hybridized carbons (Fsp3) is 0.308. The van der Waals surface area contributed by atoms with Crippen LogP contribution in [0.25, 0.3) is 28.0 Å². The molecule has 174 valence electrons. The Morgan fingerprint density at radius 2 is 1.82 bits per heavy atom. The minimum atomic E-state index is -0.818. The number of carbonyl (C=O) groups is 2. The van der Waals surface area contributed by atoms with Crippen LogP contribution >= 0.6 is 0 Å². The van der Waals surface area contributed by atoms with Crippen LogP contribution in [0.1, 0.15) is 41.5 Å². The number of rotatable bonds is 5. The average Bonchev–Trinajstić information content (AvgIpc) is 3.30. The summed E-state index contributed by atoms with van der Waals surface area (Å²) in [6, 6.07) is 11.6. The van der Waals surface area contributed by atoms with Gasteiger partial charge in [-0.15, -0.1) is 0 Å². The summed E-state index contributed by atoms with van der Waals surface area (Å²) >= 11 is 0. The molecule has 1 aliphatic rings. The molecule has 0 saturated heterocycles. The number of imidazole rings is 1. The Kier molecular flexibility index (Phi) is 5.04. The Hall–Kier alpha value is -3.94. The van der Waals surface area contributed by atoms with Crippen molar-refractivity contribution in [1.29, 1.82) is 0 Å². The number of benzene rings is 1. The Labute approximate surface area is 197 Å². The first kappa shape index (κ1) is 21.9. The van der Waals surface area contributed by atoms with Crippen LogP contribution in [-0.2, 0) is 11.8 Å². The molecular weight excluding hydrogens is 430 g/mol. The molecule has 2 N–H and O–H groups in total. The Morgan fingerprint density at radius 3 is 2.47 bits per heavy atom. The summed E-state index contributed by atoms with van der Waals surface area (Å²) in [5.74, 6) is -1.03. The molecule has 1 saturated carbocycles. The van der Waals surface area contributed by atoms with Gasteiger partial charge in [-0.05, 0) is 51.3 Å². The zero-order valence-electron chi connectivity index (χ0n) is 19.7. The van der Waals surface area contributed by atoms with Gasteiger partial charge >= 0.3 is 5.97 Å². The fourth-order valence-corrected chi connectivity index (χ4v) is 4.93. The SMILES string of the molecule is Cc1nn(C)cc1-c1ccccc1-c1nc2cc(C(=O)NC3CC(C)(C(=O)O)C3)ccn2c1C. The highest BCUT2D eigenvalue weighted by Gasteiger charge is 2.47. The van der Waals surface area contributed by atoms with Crippen molar-refractivity contribution in [1.82, 2.24) is 24.5 Å². The van der Waals surface area contributed by atoms with Gasteiger partial charge in [0, 0.05) is 47.9 Å². The van der Waals surface area contributed by atoms with Crippen molar-refractivity contribution in [3.8, 4) is 22.4 Å². The number of nitrogens with one attached hydrogen (secondary N) is 1. The number of nitrogens with zero attached hydrogens (tertiary/aromatic N) is 4. The molecule has 1 fully saturated rings. The van der Waals surface area contributed by atoms with E-state index in [9.17, 15) is 14.7 Å². The van der Waals surface area contributed by atoms with E-state index in [4.69, 9.17) is 4.98 Å². The van der Waals surface area contributed by atoms with E-state index in [0.717, 1.165) is 33.8 Å². The molecule has 1 aromatic carbocycles. The molecule has 3 heterocycles. The van der Waals surface area contributed by atoms with E-state index in [1.54, 1.807) is 19.1 Å². The minimum absolute atomic E-state index is 0.128. The Balaban J connectivity index is 1.46. The maximum atomic E-state index is 12.8. The van der Waals surface area contributed by atoms with E-state index in [1.807, 2.05) is 54.5 Å². The Bertz CT molecular complexity index is 1440. The van der Waals surface area contributed by atoms with Gasteiger partial charge in [-0.25, -0.2) is 4.98 Å². The number of carboxylic acids is 1. The first-order valence-corrected chi connectivity index (χ1v) is 11.3. The van der Waals surface area contributed by atoms with Gasteiger partial charge in [0.25, 0.3) is 5.91 Å². The summed E-state index contributed by atoms with van der Waals surface area (Å²) in [6.45, 7) is 5.72. The highest BCUT2D eigenvalue weighted by Crippen LogP contribution is 2.41. The number of hydrogen-bond donors (Lipinski definition) is 2. The van der Waals surface area contributed by atoms with Gasteiger partial charge in [0.15, 0.2) is 0 Å². The van der Waals surface area contributed by atoms with Crippen molar-refractivity contribution >= 4 is 17.5 Å². The molecular formula is C26H27N5O3. The second-order valence-corrected chi connectivity index (χ2v) is 9.48. The monoisotopic (exact) mass is 457 g/mol. The predicted molar refractivity (Wildman–Crippen MR) is 129 cm³/mol. The highest BCUT2D eigenvalue weighted by atomic mass is 16.4. The molecule has 1 aliphatic carbocycles. The van der Waals surface area contributed by atoms with Crippen molar-refractivity contribution in [3.05, 3.63) is 65.7 Å². The van der Waals surface area contributed by atoms with E-state index < -0.39 is 11.4 Å². The third-order valence-electron chi connectivity index (χ3n) is 6.86. The van der Waals surface area contributed by atoms with Crippen molar-refractivity contribution in [2.75, 3.05) is 0 Å². The van der Waals surface area contributed by atoms with Crippen LogP contribution in [0.15, 0.2) is 48.8 Å². The molecule has 0 spiro atoms. The summed E-state index contributed by atoms with van der Waals surface area (Å²) in [6.07, 6.45) is 4.74. The van der Waals surface area contributed by atoms with E-state index in [0.29, 0.717) is 24.1 Å². The maximum absolute atomic E-state index is 12.8. The number of amides is 1. The van der Waals surface area contributed by atoms with E-state index >= 15 is 0 Å². The number of hydrogen-bond acceptors (Lipinski definition) is 4. The number of pyridine rings is 1. The number of fused-ring (bicyclic) bond motifs is 1. The van der Waals surface area contributed by atoms with Crippen LogP contribution in [0.5, 0.6) is 0 Å².